The van der Waals surface area contributed by atoms with Crippen LogP contribution in [0.2, 0.25) is 0 Å². The molecule has 0 aromatic rings. The molecule has 12 heavy (non-hydrogen) atoms. The molecule has 4 nitrogen and oxygen atoms in total. The van der Waals surface area contributed by atoms with Crippen molar-refractivity contribution in [3.63, 3.8) is 0 Å². The molecule has 0 spiro atoms. The summed E-state index contributed by atoms with van der Waals surface area (Å²) in [5.74, 6) is 0.00546. The van der Waals surface area contributed by atoms with Gasteiger partial charge in [-0.05, 0) is 13.3 Å². The summed E-state index contributed by atoms with van der Waals surface area (Å²) in [5.41, 5.74) is 0. The van der Waals surface area contributed by atoms with Gasteiger partial charge in [-0.25, -0.2) is 13.1 Å². The molecule has 6 heteroatoms. The zero-order valence-corrected chi connectivity index (χ0v) is 8.53. The lowest BCUT2D eigenvalue weighted by molar-refractivity contribution is 0.275. The highest BCUT2D eigenvalue weighted by Gasteiger charge is 2.12. The van der Waals surface area contributed by atoms with Crippen molar-refractivity contribution in [2.75, 3.05) is 18.2 Å². The molecule has 0 amide bonds. The Balaban J connectivity index is 3.89. The molecule has 1 atom stereocenters. The number of aliphatic hydroxyl groups excluding tert-OH is 1. The van der Waals surface area contributed by atoms with Gasteiger partial charge in [-0.2, -0.15) is 0 Å². The average molecular weight is 216 g/mol. The van der Waals surface area contributed by atoms with E-state index in [1.165, 1.54) is 0 Å². The summed E-state index contributed by atoms with van der Waals surface area (Å²) in [7, 11) is -3.25. The van der Waals surface area contributed by atoms with E-state index in [9.17, 15) is 8.42 Å². The van der Waals surface area contributed by atoms with Crippen LogP contribution in [0.15, 0.2) is 0 Å². The van der Waals surface area contributed by atoms with Gasteiger partial charge in [0.2, 0.25) is 10.0 Å². The largest absolute Gasteiger partial charge is 0.396 e. The quantitative estimate of drug-likeness (QED) is 0.609. The van der Waals surface area contributed by atoms with Gasteiger partial charge in [0.25, 0.3) is 0 Å². The molecule has 0 aromatic heterocycles. The Labute approximate surface area is 78.0 Å². The van der Waals surface area contributed by atoms with Crippen LogP contribution in [0.3, 0.4) is 0 Å². The van der Waals surface area contributed by atoms with Crippen molar-refractivity contribution in [2.45, 2.75) is 19.4 Å². The minimum atomic E-state index is -3.25. The van der Waals surface area contributed by atoms with Gasteiger partial charge in [-0.1, -0.05) is 0 Å². The summed E-state index contributed by atoms with van der Waals surface area (Å²) in [6.07, 6.45) is 0.418. The first kappa shape index (κ1) is 12.2. The van der Waals surface area contributed by atoms with Gasteiger partial charge < -0.3 is 5.11 Å². The van der Waals surface area contributed by atoms with E-state index < -0.39 is 10.0 Å². The van der Waals surface area contributed by atoms with E-state index in [2.05, 4.69) is 4.72 Å². The smallest absolute Gasteiger partial charge is 0.213 e. The van der Waals surface area contributed by atoms with Crippen molar-refractivity contribution in [3.8, 4) is 0 Å². The second-order valence-electron chi connectivity index (χ2n) is 2.54. The molecule has 0 fully saturated rings. The summed E-state index contributed by atoms with van der Waals surface area (Å²) in [6, 6.07) is -0.233. The molecule has 0 bridgehead atoms. The van der Waals surface area contributed by atoms with Gasteiger partial charge in [0, 0.05) is 18.5 Å². The van der Waals surface area contributed by atoms with Crippen molar-refractivity contribution in [1.29, 1.82) is 0 Å². The maximum Gasteiger partial charge on any atom is 0.213 e. The van der Waals surface area contributed by atoms with Crippen LogP contribution in [0, 0.1) is 0 Å². The van der Waals surface area contributed by atoms with Gasteiger partial charge in [0.15, 0.2) is 0 Å². The SMILES string of the molecule is CC(CCO)NS(=O)(=O)CCCl. The molecule has 0 aliphatic heterocycles. The van der Waals surface area contributed by atoms with E-state index in [1.54, 1.807) is 6.92 Å². The van der Waals surface area contributed by atoms with Crippen LogP contribution in [0.4, 0.5) is 0 Å². The Morgan fingerprint density at radius 1 is 1.58 bits per heavy atom. The van der Waals surface area contributed by atoms with Crippen LogP contribution < -0.4 is 4.72 Å². The van der Waals surface area contributed by atoms with Crippen LogP contribution in [0.1, 0.15) is 13.3 Å². The Morgan fingerprint density at radius 3 is 2.58 bits per heavy atom. The lowest BCUT2D eigenvalue weighted by atomic mass is 10.3. The number of hydrogen-bond acceptors (Lipinski definition) is 3. The van der Waals surface area contributed by atoms with E-state index in [1.807, 2.05) is 0 Å². The second kappa shape index (κ2) is 5.75. The number of rotatable bonds is 6. The number of halogens is 1. The van der Waals surface area contributed by atoms with Crippen molar-refractivity contribution >= 4 is 21.6 Å². The molecule has 0 radical (unpaired) electrons. The molecule has 74 valence electrons. The maximum absolute atomic E-state index is 11.0. The van der Waals surface area contributed by atoms with E-state index in [0.717, 1.165) is 0 Å². The first-order valence-corrected chi connectivity index (χ1v) is 5.87. The van der Waals surface area contributed by atoms with Gasteiger partial charge in [0.1, 0.15) is 0 Å². The molecule has 0 saturated heterocycles. The molecular weight excluding hydrogens is 202 g/mol. The minimum Gasteiger partial charge on any atom is -0.396 e. The monoisotopic (exact) mass is 215 g/mol. The molecule has 0 aromatic carbocycles. The van der Waals surface area contributed by atoms with Crippen LogP contribution in [0.5, 0.6) is 0 Å². The zero-order valence-electron chi connectivity index (χ0n) is 6.96. The first-order chi connectivity index (χ1) is 5.52. The lowest BCUT2D eigenvalue weighted by Crippen LogP contribution is -2.35. The van der Waals surface area contributed by atoms with Gasteiger partial charge in [0.05, 0.1) is 5.75 Å². The topological polar surface area (TPSA) is 66.4 Å². The third-order valence-corrected chi connectivity index (χ3v) is 3.20. The number of aliphatic hydroxyl groups is 1. The zero-order chi connectivity index (χ0) is 9.61. The molecular formula is C6H14ClNO3S. The molecule has 0 rings (SSSR count). The van der Waals surface area contributed by atoms with Gasteiger partial charge in [-0.3, -0.25) is 0 Å². The summed E-state index contributed by atoms with van der Waals surface area (Å²) >= 11 is 5.28. The molecule has 0 aliphatic carbocycles. The predicted octanol–water partition coefficient (Wildman–Crippen LogP) is -0.0845. The fourth-order valence-electron chi connectivity index (χ4n) is 0.720. The van der Waals surface area contributed by atoms with Gasteiger partial charge in [-0.15, -0.1) is 11.6 Å². The van der Waals surface area contributed by atoms with Crippen molar-refractivity contribution in [3.05, 3.63) is 0 Å². The minimum absolute atomic E-state index is 0.0233. The van der Waals surface area contributed by atoms with Crippen LogP contribution >= 0.6 is 11.6 Å². The molecule has 0 aliphatic rings. The lowest BCUT2D eigenvalue weighted by Gasteiger charge is -2.11. The summed E-state index contributed by atoms with van der Waals surface area (Å²) < 4.78 is 24.5. The number of alkyl halides is 1. The summed E-state index contributed by atoms with van der Waals surface area (Å²) in [6.45, 7) is 1.67. The third-order valence-electron chi connectivity index (χ3n) is 1.29. The Hall–Kier alpha value is 0.160. The summed E-state index contributed by atoms with van der Waals surface area (Å²) in [4.78, 5) is 0. The van der Waals surface area contributed by atoms with E-state index in [4.69, 9.17) is 16.7 Å². The van der Waals surface area contributed by atoms with E-state index >= 15 is 0 Å². The summed E-state index contributed by atoms with van der Waals surface area (Å²) in [5, 5.41) is 8.50. The Bertz CT molecular complexity index is 205. The van der Waals surface area contributed by atoms with Gasteiger partial charge >= 0.3 is 0 Å². The Kier molecular flexibility index (Phi) is 5.82. The number of sulfonamides is 1. The molecule has 0 heterocycles. The molecule has 2 N–H and O–H groups in total. The number of nitrogens with one attached hydrogen (secondary N) is 1. The first-order valence-electron chi connectivity index (χ1n) is 3.68. The predicted molar refractivity (Wildman–Crippen MR) is 48.8 cm³/mol. The normalized spacial score (nSPS) is 14.6. The molecule has 1 unspecified atom stereocenters. The van der Waals surface area contributed by atoms with Crippen molar-refractivity contribution < 1.29 is 13.5 Å². The highest BCUT2D eigenvalue weighted by atomic mass is 35.5. The van der Waals surface area contributed by atoms with Crippen molar-refractivity contribution in [1.82, 2.24) is 4.72 Å². The highest BCUT2D eigenvalue weighted by molar-refractivity contribution is 7.89. The molecule has 0 saturated carbocycles. The average Bonchev–Trinajstić information content (AvgIpc) is 1.85. The maximum atomic E-state index is 11.0. The van der Waals surface area contributed by atoms with Crippen molar-refractivity contribution in [2.24, 2.45) is 0 Å². The van der Waals surface area contributed by atoms with E-state index in [0.29, 0.717) is 6.42 Å². The van der Waals surface area contributed by atoms with Crippen LogP contribution in [-0.2, 0) is 10.0 Å². The van der Waals surface area contributed by atoms with E-state index in [-0.39, 0.29) is 24.3 Å². The third kappa shape index (κ3) is 5.77. The van der Waals surface area contributed by atoms with Crippen LogP contribution in [-0.4, -0.2) is 37.8 Å². The fourth-order valence-corrected chi connectivity index (χ4v) is 2.38. The standard InChI is InChI=1S/C6H14ClNO3S/c1-6(2-4-9)8-12(10,11)5-3-7/h6,8-9H,2-5H2,1H3. The van der Waals surface area contributed by atoms with Crippen LogP contribution in [0.25, 0.3) is 0 Å². The Morgan fingerprint density at radius 2 is 2.17 bits per heavy atom. The highest BCUT2D eigenvalue weighted by Crippen LogP contribution is 1.94. The fraction of sp³-hybridized carbons (Fsp3) is 1.00. The number of hydrogen-bond donors (Lipinski definition) is 2. The second-order valence-corrected chi connectivity index (χ2v) is 4.79.